The fourth-order valence-corrected chi connectivity index (χ4v) is 2.98. The van der Waals surface area contributed by atoms with Gasteiger partial charge in [0.05, 0.1) is 6.04 Å². The Labute approximate surface area is 121 Å². The summed E-state index contributed by atoms with van der Waals surface area (Å²) in [5.74, 6) is 0.645. The van der Waals surface area contributed by atoms with E-state index < -0.39 is 0 Å². The lowest BCUT2D eigenvalue weighted by molar-refractivity contribution is -0.121. The van der Waals surface area contributed by atoms with Crippen molar-refractivity contribution in [3.05, 3.63) is 24.3 Å². The van der Waals surface area contributed by atoms with E-state index in [-0.39, 0.29) is 11.9 Å². The van der Waals surface area contributed by atoms with Gasteiger partial charge in [0, 0.05) is 17.4 Å². The molecule has 0 spiro atoms. The number of likely N-dealkylation sites (tertiary alicyclic amines) is 1. The first-order valence-corrected chi connectivity index (χ1v) is 7.41. The fourth-order valence-electron chi connectivity index (χ4n) is 2.98. The highest BCUT2D eigenvalue weighted by molar-refractivity contribution is 5.94. The van der Waals surface area contributed by atoms with Crippen molar-refractivity contribution in [3.63, 3.8) is 0 Å². The van der Waals surface area contributed by atoms with Crippen LogP contribution in [0.3, 0.4) is 0 Å². The van der Waals surface area contributed by atoms with Gasteiger partial charge in [0.25, 0.3) is 0 Å². The molecule has 1 aromatic carbocycles. The van der Waals surface area contributed by atoms with Gasteiger partial charge in [-0.25, -0.2) is 0 Å². The van der Waals surface area contributed by atoms with Gasteiger partial charge in [0.15, 0.2) is 0 Å². The van der Waals surface area contributed by atoms with E-state index in [0.29, 0.717) is 17.6 Å². The molecule has 1 fully saturated rings. The molecule has 1 aliphatic rings. The van der Waals surface area contributed by atoms with Gasteiger partial charge in [0.1, 0.15) is 0 Å². The Balaban J connectivity index is 1.99. The highest BCUT2D eigenvalue weighted by Gasteiger charge is 2.33. The van der Waals surface area contributed by atoms with Crippen LogP contribution in [0.1, 0.15) is 33.6 Å². The van der Waals surface area contributed by atoms with Gasteiger partial charge >= 0.3 is 0 Å². The number of anilines is 2. The van der Waals surface area contributed by atoms with Crippen molar-refractivity contribution in [1.82, 2.24) is 4.90 Å². The average Bonchev–Trinajstić information content (AvgIpc) is 2.90. The molecule has 4 nitrogen and oxygen atoms in total. The zero-order valence-corrected chi connectivity index (χ0v) is 12.6. The summed E-state index contributed by atoms with van der Waals surface area (Å²) in [5.41, 5.74) is 7.15. The topological polar surface area (TPSA) is 58.4 Å². The molecular weight excluding hydrogens is 250 g/mol. The molecule has 3 N–H and O–H groups in total. The summed E-state index contributed by atoms with van der Waals surface area (Å²) in [7, 11) is 0. The van der Waals surface area contributed by atoms with Crippen LogP contribution >= 0.6 is 0 Å². The van der Waals surface area contributed by atoms with Gasteiger partial charge in [0.2, 0.25) is 5.91 Å². The highest BCUT2D eigenvalue weighted by Crippen LogP contribution is 2.26. The van der Waals surface area contributed by atoms with Gasteiger partial charge in [-0.1, -0.05) is 13.8 Å². The summed E-state index contributed by atoms with van der Waals surface area (Å²) in [6.45, 7) is 7.47. The zero-order chi connectivity index (χ0) is 14.7. The summed E-state index contributed by atoms with van der Waals surface area (Å²) in [6.07, 6.45) is 2.37. The van der Waals surface area contributed by atoms with Gasteiger partial charge in [-0.3, -0.25) is 9.69 Å². The summed E-state index contributed by atoms with van der Waals surface area (Å²) in [5, 5.41) is 2.97. The monoisotopic (exact) mass is 275 g/mol. The van der Waals surface area contributed by atoms with E-state index in [0.717, 1.165) is 12.2 Å². The van der Waals surface area contributed by atoms with E-state index in [1.807, 2.05) is 19.1 Å². The first-order chi connectivity index (χ1) is 9.49. The molecule has 0 saturated carbocycles. The minimum atomic E-state index is -0.0950. The number of nitrogens with zero attached hydrogens (tertiary/aromatic N) is 1. The molecule has 0 aliphatic carbocycles. The average molecular weight is 275 g/mol. The molecule has 2 atom stereocenters. The van der Waals surface area contributed by atoms with E-state index in [1.54, 1.807) is 12.1 Å². The Hall–Kier alpha value is -1.55. The standard InChI is InChI=1S/C16H25N3O/c1-11(2)15-5-4-10-19(15)12(3)16(20)18-14-8-6-13(17)7-9-14/h6-9,11-12,15H,4-5,10,17H2,1-3H3,(H,18,20). The van der Waals surface area contributed by atoms with E-state index in [4.69, 9.17) is 5.73 Å². The molecule has 1 amide bonds. The molecule has 2 unspecified atom stereocenters. The highest BCUT2D eigenvalue weighted by atomic mass is 16.2. The van der Waals surface area contributed by atoms with Crippen molar-refractivity contribution in [1.29, 1.82) is 0 Å². The van der Waals surface area contributed by atoms with Crippen molar-refractivity contribution in [3.8, 4) is 0 Å². The Morgan fingerprint density at radius 3 is 2.55 bits per heavy atom. The normalized spacial score (nSPS) is 21.1. The molecule has 4 heteroatoms. The van der Waals surface area contributed by atoms with Crippen molar-refractivity contribution >= 4 is 17.3 Å². The molecule has 110 valence electrons. The van der Waals surface area contributed by atoms with Crippen LogP contribution in [0.4, 0.5) is 11.4 Å². The Bertz CT molecular complexity index is 455. The Morgan fingerprint density at radius 2 is 1.95 bits per heavy atom. The zero-order valence-electron chi connectivity index (χ0n) is 12.6. The SMILES string of the molecule is CC(C)C1CCCN1C(C)C(=O)Nc1ccc(N)cc1. The van der Waals surface area contributed by atoms with Crippen LogP contribution in [-0.4, -0.2) is 29.4 Å². The third kappa shape index (κ3) is 3.31. The molecule has 1 saturated heterocycles. The number of amides is 1. The second kappa shape index (κ2) is 6.27. The quantitative estimate of drug-likeness (QED) is 0.831. The van der Waals surface area contributed by atoms with Crippen LogP contribution in [0.2, 0.25) is 0 Å². The lowest BCUT2D eigenvalue weighted by Crippen LogP contribution is -2.46. The molecule has 1 aliphatic heterocycles. The largest absolute Gasteiger partial charge is 0.399 e. The maximum atomic E-state index is 12.4. The number of nitrogens with two attached hydrogens (primary N) is 1. The lowest BCUT2D eigenvalue weighted by Gasteiger charge is -2.32. The number of benzene rings is 1. The van der Waals surface area contributed by atoms with Crippen LogP contribution < -0.4 is 11.1 Å². The molecular formula is C16H25N3O. The summed E-state index contributed by atoms with van der Waals surface area (Å²) < 4.78 is 0. The summed E-state index contributed by atoms with van der Waals surface area (Å²) in [6, 6.07) is 7.69. The number of carbonyl (C=O) groups excluding carboxylic acids is 1. The second-order valence-electron chi connectivity index (χ2n) is 5.98. The van der Waals surface area contributed by atoms with Gasteiger partial charge in [-0.2, -0.15) is 0 Å². The van der Waals surface area contributed by atoms with Crippen molar-refractivity contribution in [2.45, 2.75) is 45.7 Å². The van der Waals surface area contributed by atoms with Crippen LogP contribution in [0.5, 0.6) is 0 Å². The van der Waals surface area contributed by atoms with Crippen LogP contribution in [0.15, 0.2) is 24.3 Å². The molecule has 0 bridgehead atoms. The van der Waals surface area contributed by atoms with Crippen molar-refractivity contribution in [2.24, 2.45) is 5.92 Å². The van der Waals surface area contributed by atoms with Crippen LogP contribution in [-0.2, 0) is 4.79 Å². The maximum absolute atomic E-state index is 12.4. The second-order valence-corrected chi connectivity index (χ2v) is 5.98. The minimum Gasteiger partial charge on any atom is -0.399 e. The summed E-state index contributed by atoms with van der Waals surface area (Å²) in [4.78, 5) is 14.7. The van der Waals surface area contributed by atoms with Crippen molar-refractivity contribution in [2.75, 3.05) is 17.6 Å². The number of nitrogens with one attached hydrogen (secondary N) is 1. The van der Waals surface area contributed by atoms with Crippen LogP contribution in [0.25, 0.3) is 0 Å². The Morgan fingerprint density at radius 1 is 1.30 bits per heavy atom. The first kappa shape index (κ1) is 14.9. The van der Waals surface area contributed by atoms with Gasteiger partial charge in [-0.15, -0.1) is 0 Å². The van der Waals surface area contributed by atoms with Crippen molar-refractivity contribution < 1.29 is 4.79 Å². The van der Waals surface area contributed by atoms with Crippen LogP contribution in [0, 0.1) is 5.92 Å². The number of hydrogen-bond acceptors (Lipinski definition) is 3. The molecule has 20 heavy (non-hydrogen) atoms. The van der Waals surface area contributed by atoms with E-state index in [9.17, 15) is 4.79 Å². The van der Waals surface area contributed by atoms with E-state index in [2.05, 4.69) is 24.1 Å². The fraction of sp³-hybridized carbons (Fsp3) is 0.562. The number of carbonyl (C=O) groups is 1. The van der Waals surface area contributed by atoms with Gasteiger partial charge in [-0.05, 0) is 56.5 Å². The minimum absolute atomic E-state index is 0.0577. The van der Waals surface area contributed by atoms with E-state index in [1.165, 1.54) is 12.8 Å². The molecule has 1 aromatic rings. The first-order valence-electron chi connectivity index (χ1n) is 7.41. The number of nitrogen functional groups attached to an aromatic ring is 1. The molecule has 0 radical (unpaired) electrons. The molecule has 0 aromatic heterocycles. The maximum Gasteiger partial charge on any atom is 0.241 e. The number of rotatable bonds is 4. The summed E-state index contributed by atoms with van der Waals surface area (Å²) >= 11 is 0. The third-order valence-corrected chi connectivity index (χ3v) is 4.17. The lowest BCUT2D eigenvalue weighted by atomic mass is 10.0. The predicted octanol–water partition coefficient (Wildman–Crippen LogP) is 2.72. The smallest absolute Gasteiger partial charge is 0.241 e. The molecule has 2 rings (SSSR count). The van der Waals surface area contributed by atoms with E-state index >= 15 is 0 Å². The predicted molar refractivity (Wildman–Crippen MR) is 83.5 cm³/mol. The number of hydrogen-bond donors (Lipinski definition) is 2. The Kier molecular flexibility index (Phi) is 4.65. The van der Waals surface area contributed by atoms with Gasteiger partial charge < -0.3 is 11.1 Å². The third-order valence-electron chi connectivity index (χ3n) is 4.17. The molecule has 1 heterocycles.